The highest BCUT2D eigenvalue weighted by molar-refractivity contribution is 8.19. The summed E-state index contributed by atoms with van der Waals surface area (Å²) in [6, 6.07) is 10.9. The van der Waals surface area contributed by atoms with Crippen LogP contribution in [0.25, 0.3) is 6.08 Å². The van der Waals surface area contributed by atoms with Crippen LogP contribution in [0.5, 0.6) is 0 Å². The van der Waals surface area contributed by atoms with Crippen molar-refractivity contribution in [3.8, 4) is 0 Å². The fourth-order valence-electron chi connectivity index (χ4n) is 4.04. The van der Waals surface area contributed by atoms with Gasteiger partial charge in [-0.2, -0.15) is 0 Å². The van der Waals surface area contributed by atoms with E-state index in [0.29, 0.717) is 22.7 Å². The molecule has 3 aliphatic rings. The molecule has 3 aliphatic heterocycles. The first kappa shape index (κ1) is 22.6. The first-order chi connectivity index (χ1) is 16.4. The van der Waals surface area contributed by atoms with E-state index in [4.69, 9.17) is 0 Å². The van der Waals surface area contributed by atoms with Gasteiger partial charge in [0.25, 0.3) is 0 Å². The van der Waals surface area contributed by atoms with E-state index in [1.165, 1.54) is 18.3 Å². The second-order valence-electron chi connectivity index (χ2n) is 7.69. The minimum atomic E-state index is -4.71. The largest absolute Gasteiger partial charge is 0.362 e. The summed E-state index contributed by atoms with van der Waals surface area (Å²) in [6.45, 7) is 0. The predicted octanol–water partition coefficient (Wildman–Crippen LogP) is 2.48. The van der Waals surface area contributed by atoms with Crippen LogP contribution < -0.4 is 5.32 Å². The third-order valence-corrected chi connectivity index (χ3v) is 16.2. The Bertz CT molecular complexity index is 1860. The van der Waals surface area contributed by atoms with Gasteiger partial charge in [-0.25, -0.2) is 33.7 Å². The number of benzene rings is 2. The van der Waals surface area contributed by atoms with Crippen molar-refractivity contribution in [2.75, 3.05) is 5.32 Å². The number of aromatic amines is 1. The molecule has 180 valence electrons. The topological polar surface area (TPSA) is 164 Å². The number of hydrogen-bond donors (Lipinski definition) is 2. The maximum Gasteiger partial charge on any atom is 0.221 e. The van der Waals surface area contributed by atoms with Crippen molar-refractivity contribution < 1.29 is 33.7 Å². The smallest absolute Gasteiger partial charge is 0.221 e. The lowest BCUT2D eigenvalue weighted by Crippen LogP contribution is -2.09. The van der Waals surface area contributed by atoms with Crippen LogP contribution >= 0.6 is 11.8 Å². The fourth-order valence-corrected chi connectivity index (χ4v) is 15.0. The number of sulfone groups is 4. The molecule has 0 amide bonds. The Kier molecular flexibility index (Phi) is 4.44. The monoisotopic (exact) mass is 568 g/mol. The summed E-state index contributed by atoms with van der Waals surface area (Å²) in [4.78, 5) is 0.143. The zero-order valence-electron chi connectivity index (χ0n) is 17.1. The number of nitrogens with one attached hydrogen (secondary N) is 2. The minimum Gasteiger partial charge on any atom is -0.362 e. The molecule has 35 heavy (non-hydrogen) atoms. The van der Waals surface area contributed by atoms with Crippen molar-refractivity contribution in [2.24, 2.45) is 0 Å². The van der Waals surface area contributed by atoms with Gasteiger partial charge in [0.1, 0.15) is 5.03 Å². The van der Waals surface area contributed by atoms with E-state index in [1.54, 1.807) is 24.3 Å². The summed E-state index contributed by atoms with van der Waals surface area (Å²) in [7, 11) is -18.7. The Morgan fingerprint density at radius 3 is 1.80 bits per heavy atom. The van der Waals surface area contributed by atoms with E-state index in [0.717, 1.165) is 17.8 Å². The standard InChI is InChI=1S/C20H12N2O8S5/c23-32(24)14-9-16-17(10-15(14)33(25,26)18(32)8-11-4-3-7-21-11)35(29,30)20(34(16,27)28)19-22-12-5-1-2-6-13(12)31-19/h1-10,21-22H. The Balaban J connectivity index is 1.61. The average Bonchev–Trinajstić information content (AvgIpc) is 3.50. The van der Waals surface area contributed by atoms with Crippen molar-refractivity contribution in [2.45, 2.75) is 24.5 Å². The molecule has 2 aromatic carbocycles. The number of anilines is 1. The van der Waals surface area contributed by atoms with Gasteiger partial charge in [-0.3, -0.25) is 0 Å². The van der Waals surface area contributed by atoms with Gasteiger partial charge in [-0.05, 0) is 42.5 Å². The lowest BCUT2D eigenvalue weighted by molar-refractivity contribution is 0.595. The van der Waals surface area contributed by atoms with Gasteiger partial charge in [0, 0.05) is 16.8 Å². The van der Waals surface area contributed by atoms with Crippen LogP contribution in [0.4, 0.5) is 5.69 Å². The van der Waals surface area contributed by atoms with Gasteiger partial charge in [0.15, 0.2) is 8.47 Å². The van der Waals surface area contributed by atoms with Crippen molar-refractivity contribution in [1.29, 1.82) is 0 Å². The molecule has 0 saturated carbocycles. The molecule has 0 spiro atoms. The molecule has 0 aliphatic carbocycles. The normalized spacial score (nSPS) is 21.8. The van der Waals surface area contributed by atoms with Crippen molar-refractivity contribution >= 4 is 62.9 Å². The maximum absolute atomic E-state index is 13.4. The van der Waals surface area contributed by atoms with Crippen molar-refractivity contribution in [3.05, 3.63) is 73.9 Å². The lowest BCUT2D eigenvalue weighted by Gasteiger charge is -2.03. The summed E-state index contributed by atoms with van der Waals surface area (Å²) >= 11 is 0.900. The van der Waals surface area contributed by atoms with E-state index in [2.05, 4.69) is 10.3 Å². The number of para-hydroxylation sites is 1. The van der Waals surface area contributed by atoms with Crippen LogP contribution in [-0.4, -0.2) is 38.7 Å². The molecular formula is C20H12N2O8S5. The molecule has 4 heterocycles. The molecule has 0 unspecified atom stereocenters. The van der Waals surface area contributed by atoms with Crippen molar-refractivity contribution in [1.82, 2.24) is 4.98 Å². The maximum atomic E-state index is 13.4. The third-order valence-electron chi connectivity index (χ3n) is 5.61. The van der Waals surface area contributed by atoms with Gasteiger partial charge < -0.3 is 10.3 Å². The quantitative estimate of drug-likeness (QED) is 0.445. The highest BCUT2D eigenvalue weighted by Crippen LogP contribution is 2.52. The van der Waals surface area contributed by atoms with E-state index >= 15 is 0 Å². The molecule has 0 fully saturated rings. The first-order valence-corrected chi connectivity index (χ1v) is 16.4. The van der Waals surface area contributed by atoms with Crippen LogP contribution in [0.2, 0.25) is 0 Å². The average molecular weight is 569 g/mol. The zero-order chi connectivity index (χ0) is 25.0. The summed E-state index contributed by atoms with van der Waals surface area (Å²) in [5.41, 5.74) is 0.691. The second kappa shape index (κ2) is 6.88. The van der Waals surface area contributed by atoms with Gasteiger partial charge in [-0.1, -0.05) is 23.9 Å². The zero-order valence-corrected chi connectivity index (χ0v) is 21.2. The third kappa shape index (κ3) is 2.92. The predicted molar refractivity (Wildman–Crippen MR) is 127 cm³/mol. The summed E-state index contributed by atoms with van der Waals surface area (Å²) in [5.74, 6) is 0. The van der Waals surface area contributed by atoms with Gasteiger partial charge >= 0.3 is 0 Å². The Labute approximate surface area is 204 Å². The lowest BCUT2D eigenvalue weighted by atomic mass is 10.3. The minimum absolute atomic E-state index is 0.166. The Morgan fingerprint density at radius 1 is 0.686 bits per heavy atom. The van der Waals surface area contributed by atoms with Gasteiger partial charge in [-0.15, -0.1) is 0 Å². The Morgan fingerprint density at radius 2 is 1.26 bits per heavy atom. The molecule has 0 radical (unpaired) electrons. The second-order valence-corrected chi connectivity index (χ2v) is 16.7. The van der Waals surface area contributed by atoms with E-state index < -0.39 is 67.4 Å². The van der Waals surface area contributed by atoms with Crippen molar-refractivity contribution in [3.63, 3.8) is 0 Å². The van der Waals surface area contributed by atoms with E-state index in [-0.39, 0.29) is 10.7 Å². The van der Waals surface area contributed by atoms with Crippen LogP contribution in [-0.2, 0) is 39.3 Å². The molecule has 0 bridgehead atoms. The van der Waals surface area contributed by atoms with Crippen LogP contribution in [0.3, 0.4) is 0 Å². The molecular weight excluding hydrogens is 557 g/mol. The summed E-state index contributed by atoms with van der Waals surface area (Å²) in [6.07, 6.45) is 2.37. The van der Waals surface area contributed by atoms with Gasteiger partial charge in [0.05, 0.1) is 25.3 Å². The number of rotatable bonds is 1. The molecule has 2 N–H and O–H groups in total. The number of hydrogen-bond acceptors (Lipinski definition) is 10. The van der Waals surface area contributed by atoms with E-state index in [1.807, 2.05) is 0 Å². The van der Waals surface area contributed by atoms with Crippen LogP contribution in [0.15, 0.2) is 92.7 Å². The molecule has 0 saturated heterocycles. The SMILES string of the molecule is O=S1(=O)C(=Cc2ccc[nH]2)S(=O)(=O)c2cc3c(cc21)S(=O)(=O)C(=C1Nc2ccccc2S1)S3(=O)=O. The molecule has 10 nitrogen and oxygen atoms in total. The fraction of sp³-hybridized carbons (Fsp3) is 0. The van der Waals surface area contributed by atoms with Crippen LogP contribution in [0.1, 0.15) is 5.69 Å². The summed E-state index contributed by atoms with van der Waals surface area (Å²) in [5, 5.41) is 2.61. The molecule has 1 aromatic heterocycles. The Hall–Kier alpha value is -2.85. The molecule has 3 aromatic rings. The molecule has 0 atom stereocenters. The molecule has 15 heteroatoms. The highest BCUT2D eigenvalue weighted by Gasteiger charge is 2.53. The van der Waals surface area contributed by atoms with E-state index in [9.17, 15) is 33.7 Å². The number of thioether (sulfide) groups is 1. The number of fused-ring (bicyclic) bond motifs is 3. The van der Waals surface area contributed by atoms with Gasteiger partial charge in [0.2, 0.25) is 39.3 Å². The number of H-pyrrole nitrogens is 1. The first-order valence-electron chi connectivity index (χ1n) is 9.68. The molecule has 6 rings (SSSR count). The summed E-state index contributed by atoms with van der Waals surface area (Å²) < 4.78 is 104. The highest BCUT2D eigenvalue weighted by atomic mass is 32.3. The number of aromatic nitrogens is 1. The van der Waals surface area contributed by atoms with Crippen LogP contribution in [0, 0.1) is 0 Å².